The first-order valence-corrected chi connectivity index (χ1v) is 5.50. The molecule has 0 radical (unpaired) electrons. The Morgan fingerprint density at radius 1 is 1.38 bits per heavy atom. The SMILES string of the molecule is CCCCOC[C@@]1(O)O[C@H](CO)[C@@H](O)[C@@H]1O. The Hall–Kier alpha value is -0.240. The molecule has 6 nitrogen and oxygen atoms in total. The molecule has 0 aromatic carbocycles. The highest BCUT2D eigenvalue weighted by Crippen LogP contribution is 2.29. The number of unbranched alkanes of at least 4 members (excludes halogenated alkanes) is 1. The van der Waals surface area contributed by atoms with Crippen molar-refractivity contribution >= 4 is 0 Å². The van der Waals surface area contributed by atoms with E-state index >= 15 is 0 Å². The highest BCUT2D eigenvalue weighted by molar-refractivity contribution is 4.95. The zero-order valence-electron chi connectivity index (χ0n) is 9.37. The molecular formula is C10H20O6. The molecule has 1 aliphatic heterocycles. The zero-order chi connectivity index (χ0) is 12.2. The molecule has 1 saturated heterocycles. The fraction of sp³-hybridized carbons (Fsp3) is 1.00. The van der Waals surface area contributed by atoms with Gasteiger partial charge in [-0.3, -0.25) is 0 Å². The number of ether oxygens (including phenoxy) is 2. The van der Waals surface area contributed by atoms with Crippen molar-refractivity contribution in [3.05, 3.63) is 0 Å². The molecule has 6 heteroatoms. The van der Waals surface area contributed by atoms with E-state index in [2.05, 4.69) is 0 Å². The number of hydrogen-bond acceptors (Lipinski definition) is 6. The average Bonchev–Trinajstić information content (AvgIpc) is 2.50. The average molecular weight is 236 g/mol. The van der Waals surface area contributed by atoms with Crippen LogP contribution in [0.3, 0.4) is 0 Å². The van der Waals surface area contributed by atoms with Crippen LogP contribution in [-0.2, 0) is 9.47 Å². The van der Waals surface area contributed by atoms with E-state index in [1.165, 1.54) is 0 Å². The van der Waals surface area contributed by atoms with Gasteiger partial charge in [-0.15, -0.1) is 0 Å². The van der Waals surface area contributed by atoms with Gasteiger partial charge in [-0.2, -0.15) is 0 Å². The van der Waals surface area contributed by atoms with Gasteiger partial charge in [0.1, 0.15) is 24.9 Å². The molecule has 1 heterocycles. The van der Waals surface area contributed by atoms with Crippen molar-refractivity contribution in [3.63, 3.8) is 0 Å². The molecule has 16 heavy (non-hydrogen) atoms. The van der Waals surface area contributed by atoms with E-state index in [0.29, 0.717) is 6.61 Å². The van der Waals surface area contributed by atoms with Crippen molar-refractivity contribution in [3.8, 4) is 0 Å². The molecule has 0 saturated carbocycles. The molecule has 0 aliphatic carbocycles. The van der Waals surface area contributed by atoms with Gasteiger partial charge in [0, 0.05) is 6.61 Å². The number of hydrogen-bond donors (Lipinski definition) is 4. The minimum absolute atomic E-state index is 0.221. The number of rotatable bonds is 6. The van der Waals surface area contributed by atoms with Crippen LogP contribution in [0.5, 0.6) is 0 Å². The van der Waals surface area contributed by atoms with Gasteiger partial charge in [-0.05, 0) is 6.42 Å². The summed E-state index contributed by atoms with van der Waals surface area (Å²) < 4.78 is 10.1. The summed E-state index contributed by atoms with van der Waals surface area (Å²) in [6.07, 6.45) is -1.94. The molecule has 0 unspecified atom stereocenters. The lowest BCUT2D eigenvalue weighted by molar-refractivity contribution is -0.255. The van der Waals surface area contributed by atoms with Crippen LogP contribution in [0.1, 0.15) is 19.8 Å². The summed E-state index contributed by atoms with van der Waals surface area (Å²) in [6, 6.07) is 0. The maximum atomic E-state index is 9.86. The second-order valence-electron chi connectivity index (χ2n) is 4.03. The van der Waals surface area contributed by atoms with E-state index in [1.807, 2.05) is 6.92 Å². The maximum absolute atomic E-state index is 9.86. The highest BCUT2D eigenvalue weighted by atomic mass is 16.7. The smallest absolute Gasteiger partial charge is 0.219 e. The van der Waals surface area contributed by atoms with E-state index in [0.717, 1.165) is 12.8 Å². The van der Waals surface area contributed by atoms with Crippen LogP contribution in [-0.4, -0.2) is 64.3 Å². The first-order chi connectivity index (χ1) is 7.55. The van der Waals surface area contributed by atoms with Gasteiger partial charge in [0.25, 0.3) is 0 Å². The Morgan fingerprint density at radius 3 is 2.56 bits per heavy atom. The second-order valence-corrected chi connectivity index (χ2v) is 4.03. The van der Waals surface area contributed by atoms with Gasteiger partial charge in [0.2, 0.25) is 5.79 Å². The summed E-state index contributed by atoms with van der Waals surface area (Å²) in [5, 5.41) is 37.7. The lowest BCUT2D eigenvalue weighted by Gasteiger charge is -2.25. The van der Waals surface area contributed by atoms with Crippen LogP contribution in [0.15, 0.2) is 0 Å². The van der Waals surface area contributed by atoms with Gasteiger partial charge in [-0.25, -0.2) is 0 Å². The monoisotopic (exact) mass is 236 g/mol. The van der Waals surface area contributed by atoms with Gasteiger partial charge in [0.15, 0.2) is 0 Å². The van der Waals surface area contributed by atoms with E-state index in [9.17, 15) is 15.3 Å². The topological polar surface area (TPSA) is 99.4 Å². The van der Waals surface area contributed by atoms with Crippen molar-refractivity contribution in [1.82, 2.24) is 0 Å². The van der Waals surface area contributed by atoms with Crippen LogP contribution in [0.4, 0.5) is 0 Å². The number of aliphatic hydroxyl groups excluding tert-OH is 3. The lowest BCUT2D eigenvalue weighted by atomic mass is 10.1. The largest absolute Gasteiger partial charge is 0.394 e. The molecule has 0 bridgehead atoms. The summed E-state index contributed by atoms with van der Waals surface area (Å²) in [5.41, 5.74) is 0. The Labute approximate surface area is 94.4 Å². The molecule has 0 aromatic rings. The van der Waals surface area contributed by atoms with Crippen molar-refractivity contribution in [2.75, 3.05) is 19.8 Å². The molecule has 4 N–H and O–H groups in total. The summed E-state index contributed by atoms with van der Waals surface area (Å²) in [4.78, 5) is 0. The molecule has 1 rings (SSSR count). The van der Waals surface area contributed by atoms with Crippen molar-refractivity contribution in [1.29, 1.82) is 0 Å². The Morgan fingerprint density at radius 2 is 2.06 bits per heavy atom. The summed E-state index contributed by atoms with van der Waals surface area (Å²) >= 11 is 0. The van der Waals surface area contributed by atoms with Crippen LogP contribution in [0, 0.1) is 0 Å². The van der Waals surface area contributed by atoms with Crippen LogP contribution in [0.25, 0.3) is 0 Å². The number of aliphatic hydroxyl groups is 4. The minimum Gasteiger partial charge on any atom is -0.394 e. The molecule has 96 valence electrons. The predicted octanol–water partition coefficient (Wildman–Crippen LogP) is -1.40. The molecule has 4 atom stereocenters. The molecule has 0 aromatic heterocycles. The normalized spacial score (nSPS) is 39.2. The molecular weight excluding hydrogens is 216 g/mol. The first kappa shape index (κ1) is 13.8. The van der Waals surface area contributed by atoms with Crippen molar-refractivity contribution in [2.45, 2.75) is 43.9 Å². The summed E-state index contributed by atoms with van der Waals surface area (Å²) in [7, 11) is 0. The van der Waals surface area contributed by atoms with E-state index in [-0.39, 0.29) is 6.61 Å². The Balaban J connectivity index is 2.44. The van der Waals surface area contributed by atoms with Crippen molar-refractivity contribution in [2.24, 2.45) is 0 Å². The van der Waals surface area contributed by atoms with Gasteiger partial charge >= 0.3 is 0 Å². The Kier molecular flexibility index (Phi) is 5.10. The predicted molar refractivity (Wildman–Crippen MR) is 54.6 cm³/mol. The fourth-order valence-corrected chi connectivity index (χ4v) is 1.60. The molecule has 1 fully saturated rings. The van der Waals surface area contributed by atoms with Crippen LogP contribution < -0.4 is 0 Å². The lowest BCUT2D eigenvalue weighted by Crippen LogP contribution is -2.47. The molecule has 0 amide bonds. The van der Waals surface area contributed by atoms with Crippen LogP contribution in [0.2, 0.25) is 0 Å². The minimum atomic E-state index is -1.93. The third-order valence-electron chi connectivity index (χ3n) is 2.65. The van der Waals surface area contributed by atoms with E-state index in [1.54, 1.807) is 0 Å². The summed E-state index contributed by atoms with van der Waals surface area (Å²) in [6.45, 7) is 1.77. The third kappa shape index (κ3) is 2.91. The van der Waals surface area contributed by atoms with Gasteiger partial charge in [0.05, 0.1) is 6.61 Å². The molecule has 0 spiro atoms. The highest BCUT2D eigenvalue weighted by Gasteiger charge is 2.53. The van der Waals surface area contributed by atoms with Crippen LogP contribution >= 0.6 is 0 Å². The quantitative estimate of drug-likeness (QED) is 0.424. The zero-order valence-corrected chi connectivity index (χ0v) is 9.37. The Bertz CT molecular complexity index is 211. The van der Waals surface area contributed by atoms with Gasteiger partial charge < -0.3 is 29.9 Å². The van der Waals surface area contributed by atoms with Gasteiger partial charge in [-0.1, -0.05) is 13.3 Å². The standard InChI is InChI=1S/C10H20O6/c1-2-3-4-15-6-10(14)9(13)8(12)7(5-11)16-10/h7-9,11-14H,2-6H2,1H3/t7-,8-,9+,10-/m1/s1. The second kappa shape index (κ2) is 5.90. The van der Waals surface area contributed by atoms with Crippen molar-refractivity contribution < 1.29 is 29.9 Å². The first-order valence-electron chi connectivity index (χ1n) is 5.50. The van der Waals surface area contributed by atoms with E-state index < -0.39 is 30.7 Å². The summed E-state index contributed by atoms with van der Waals surface area (Å²) in [5.74, 6) is -1.93. The fourth-order valence-electron chi connectivity index (χ4n) is 1.60. The third-order valence-corrected chi connectivity index (χ3v) is 2.65. The maximum Gasteiger partial charge on any atom is 0.219 e. The van der Waals surface area contributed by atoms with E-state index in [4.69, 9.17) is 14.6 Å². The molecule has 1 aliphatic rings.